The second kappa shape index (κ2) is 7.36. The highest BCUT2D eigenvalue weighted by molar-refractivity contribution is 8.00. The second-order valence-corrected chi connectivity index (χ2v) is 6.50. The van der Waals surface area contributed by atoms with Gasteiger partial charge in [-0.25, -0.2) is 4.98 Å². The fraction of sp³-hybridized carbons (Fsp3) is 0.105. The zero-order chi connectivity index (χ0) is 17.8. The van der Waals surface area contributed by atoms with Crippen molar-refractivity contribution in [2.24, 2.45) is 5.73 Å². The highest BCUT2D eigenvalue weighted by Crippen LogP contribution is 2.34. The molecule has 0 aliphatic carbocycles. The fourth-order valence-corrected chi connectivity index (χ4v) is 3.61. The number of rotatable bonds is 6. The highest BCUT2D eigenvalue weighted by atomic mass is 32.2. The minimum atomic E-state index is -0.634. The lowest BCUT2D eigenvalue weighted by atomic mass is 10.1. The first-order chi connectivity index (χ1) is 12.1. The van der Waals surface area contributed by atoms with Crippen LogP contribution in [-0.2, 0) is 11.3 Å². The molecule has 0 aliphatic heterocycles. The summed E-state index contributed by atoms with van der Waals surface area (Å²) in [4.78, 5) is 29.3. The van der Waals surface area contributed by atoms with Crippen LogP contribution in [0.15, 0.2) is 77.2 Å². The van der Waals surface area contributed by atoms with Gasteiger partial charge in [0.15, 0.2) is 5.16 Å². The molecule has 6 heteroatoms. The second-order valence-electron chi connectivity index (χ2n) is 5.43. The lowest BCUT2D eigenvalue weighted by Crippen LogP contribution is -2.25. The van der Waals surface area contributed by atoms with Crippen molar-refractivity contribution in [1.82, 2.24) is 9.55 Å². The number of carbonyl (C=O) groups excluding carboxylic acids is 1. The number of carbonyl (C=O) groups is 1. The van der Waals surface area contributed by atoms with Crippen molar-refractivity contribution < 1.29 is 4.79 Å². The van der Waals surface area contributed by atoms with E-state index in [1.54, 1.807) is 24.3 Å². The van der Waals surface area contributed by atoms with Crippen molar-refractivity contribution >= 4 is 28.6 Å². The number of allylic oxidation sites excluding steroid dienone is 1. The Hall–Kier alpha value is -2.86. The van der Waals surface area contributed by atoms with Gasteiger partial charge in [-0.3, -0.25) is 14.2 Å². The Kier molecular flexibility index (Phi) is 5.00. The van der Waals surface area contributed by atoms with Crippen molar-refractivity contribution in [3.63, 3.8) is 0 Å². The van der Waals surface area contributed by atoms with E-state index >= 15 is 0 Å². The van der Waals surface area contributed by atoms with Crippen molar-refractivity contribution in [3.8, 4) is 0 Å². The van der Waals surface area contributed by atoms with Crippen LogP contribution in [0.3, 0.4) is 0 Å². The van der Waals surface area contributed by atoms with E-state index in [9.17, 15) is 9.59 Å². The van der Waals surface area contributed by atoms with E-state index in [4.69, 9.17) is 5.73 Å². The van der Waals surface area contributed by atoms with Crippen LogP contribution >= 0.6 is 11.8 Å². The fourth-order valence-electron chi connectivity index (χ4n) is 2.55. The number of thioether (sulfide) groups is 1. The van der Waals surface area contributed by atoms with Crippen LogP contribution in [0.5, 0.6) is 0 Å². The average molecular weight is 351 g/mol. The third kappa shape index (κ3) is 3.49. The van der Waals surface area contributed by atoms with Gasteiger partial charge in [-0.1, -0.05) is 60.3 Å². The number of hydrogen-bond donors (Lipinski definition) is 1. The normalized spacial score (nSPS) is 12.0. The van der Waals surface area contributed by atoms with Crippen LogP contribution in [-0.4, -0.2) is 15.5 Å². The molecule has 1 atom stereocenters. The Morgan fingerprint density at radius 2 is 1.88 bits per heavy atom. The van der Waals surface area contributed by atoms with E-state index in [0.29, 0.717) is 22.6 Å². The molecule has 0 saturated heterocycles. The average Bonchev–Trinajstić information content (AvgIpc) is 2.63. The summed E-state index contributed by atoms with van der Waals surface area (Å²) in [5.74, 6) is -0.483. The van der Waals surface area contributed by atoms with E-state index in [2.05, 4.69) is 11.6 Å². The molecule has 126 valence electrons. The van der Waals surface area contributed by atoms with Gasteiger partial charge in [-0.2, -0.15) is 0 Å². The van der Waals surface area contributed by atoms with Crippen molar-refractivity contribution in [2.45, 2.75) is 17.0 Å². The number of benzene rings is 2. The summed E-state index contributed by atoms with van der Waals surface area (Å²) >= 11 is 1.18. The number of aromatic nitrogens is 2. The third-order valence-corrected chi connectivity index (χ3v) is 4.98. The smallest absolute Gasteiger partial charge is 0.262 e. The van der Waals surface area contributed by atoms with Crippen LogP contribution in [0.1, 0.15) is 10.8 Å². The molecule has 1 heterocycles. The molecular formula is C19H17N3O2S. The van der Waals surface area contributed by atoms with E-state index in [1.165, 1.54) is 16.3 Å². The van der Waals surface area contributed by atoms with Crippen molar-refractivity contribution in [2.75, 3.05) is 0 Å². The Labute approximate surface area is 149 Å². The van der Waals surface area contributed by atoms with Gasteiger partial charge in [0.1, 0.15) is 5.25 Å². The Bertz CT molecular complexity index is 983. The molecule has 1 amide bonds. The van der Waals surface area contributed by atoms with Crippen molar-refractivity contribution in [3.05, 3.63) is 83.2 Å². The molecule has 2 N–H and O–H groups in total. The van der Waals surface area contributed by atoms with Crippen LogP contribution in [0.2, 0.25) is 0 Å². The molecule has 0 saturated carbocycles. The molecule has 25 heavy (non-hydrogen) atoms. The lowest BCUT2D eigenvalue weighted by Gasteiger charge is -2.16. The maximum atomic E-state index is 12.8. The maximum Gasteiger partial charge on any atom is 0.262 e. The number of fused-ring (bicyclic) bond motifs is 1. The summed E-state index contributed by atoms with van der Waals surface area (Å²) in [5, 5.41) is 0.339. The van der Waals surface area contributed by atoms with Gasteiger partial charge in [0, 0.05) is 6.54 Å². The highest BCUT2D eigenvalue weighted by Gasteiger charge is 2.22. The van der Waals surface area contributed by atoms with E-state index in [-0.39, 0.29) is 5.56 Å². The molecule has 3 rings (SSSR count). The predicted octanol–water partition coefficient (Wildman–Crippen LogP) is 2.90. The molecule has 2 aromatic carbocycles. The van der Waals surface area contributed by atoms with E-state index < -0.39 is 11.2 Å². The predicted molar refractivity (Wildman–Crippen MR) is 100 cm³/mol. The summed E-state index contributed by atoms with van der Waals surface area (Å²) < 4.78 is 1.51. The van der Waals surface area contributed by atoms with Gasteiger partial charge in [-0.05, 0) is 17.7 Å². The SMILES string of the molecule is C=CCn1c(SC(C(N)=O)c2ccccc2)nc2ccccc2c1=O. The molecule has 0 fully saturated rings. The molecule has 5 nitrogen and oxygen atoms in total. The van der Waals surface area contributed by atoms with Gasteiger partial charge >= 0.3 is 0 Å². The zero-order valence-electron chi connectivity index (χ0n) is 13.5. The standard InChI is InChI=1S/C19H17N3O2S/c1-2-12-22-18(24)14-10-6-7-11-15(14)21-19(22)25-16(17(20)23)13-8-4-3-5-9-13/h2-11,16H,1,12H2,(H2,20,23). The zero-order valence-corrected chi connectivity index (χ0v) is 14.3. The number of amides is 1. The monoisotopic (exact) mass is 351 g/mol. The minimum absolute atomic E-state index is 0.163. The van der Waals surface area contributed by atoms with E-state index in [1.807, 2.05) is 36.4 Å². The first-order valence-electron chi connectivity index (χ1n) is 7.73. The number of primary amides is 1. The summed E-state index contributed by atoms with van der Waals surface area (Å²) in [5.41, 5.74) is 6.79. The van der Waals surface area contributed by atoms with Gasteiger partial charge in [-0.15, -0.1) is 6.58 Å². The largest absolute Gasteiger partial charge is 0.368 e. The first kappa shape index (κ1) is 17.0. The Balaban J connectivity index is 2.13. The van der Waals surface area contributed by atoms with Crippen LogP contribution in [0.4, 0.5) is 0 Å². The molecule has 1 aromatic heterocycles. The van der Waals surface area contributed by atoms with Crippen molar-refractivity contribution in [1.29, 1.82) is 0 Å². The summed E-state index contributed by atoms with van der Waals surface area (Å²) in [6, 6.07) is 16.4. The van der Waals surface area contributed by atoms with Crippen LogP contribution in [0, 0.1) is 0 Å². The van der Waals surface area contributed by atoms with Crippen LogP contribution in [0.25, 0.3) is 10.9 Å². The summed E-state index contributed by atoms with van der Waals surface area (Å²) in [6.45, 7) is 4.01. The molecule has 1 unspecified atom stereocenters. The van der Waals surface area contributed by atoms with Gasteiger partial charge in [0.05, 0.1) is 10.9 Å². The molecule has 0 aliphatic rings. The lowest BCUT2D eigenvalue weighted by molar-refractivity contribution is -0.117. The summed E-state index contributed by atoms with van der Waals surface area (Å²) in [6.07, 6.45) is 1.63. The van der Waals surface area contributed by atoms with Gasteiger partial charge in [0.2, 0.25) is 5.91 Å². The molecule has 3 aromatic rings. The molecule has 0 spiro atoms. The van der Waals surface area contributed by atoms with Gasteiger partial charge in [0.25, 0.3) is 5.56 Å². The summed E-state index contributed by atoms with van der Waals surface area (Å²) in [7, 11) is 0. The van der Waals surface area contributed by atoms with Crippen LogP contribution < -0.4 is 11.3 Å². The van der Waals surface area contributed by atoms with Gasteiger partial charge < -0.3 is 5.73 Å². The number of para-hydroxylation sites is 1. The molecule has 0 bridgehead atoms. The Morgan fingerprint density at radius 1 is 1.20 bits per heavy atom. The maximum absolute atomic E-state index is 12.8. The third-order valence-electron chi connectivity index (χ3n) is 3.72. The van der Waals surface area contributed by atoms with E-state index in [0.717, 1.165) is 5.56 Å². The minimum Gasteiger partial charge on any atom is -0.368 e. The number of nitrogens with two attached hydrogens (primary N) is 1. The topological polar surface area (TPSA) is 78.0 Å². The molecule has 0 radical (unpaired) electrons. The number of hydrogen-bond acceptors (Lipinski definition) is 4. The molecular weight excluding hydrogens is 334 g/mol. The number of nitrogens with zero attached hydrogens (tertiary/aromatic N) is 2. The first-order valence-corrected chi connectivity index (χ1v) is 8.61. The quantitative estimate of drug-likeness (QED) is 0.421. The Morgan fingerprint density at radius 3 is 2.56 bits per heavy atom.